The lowest BCUT2D eigenvalue weighted by atomic mass is 9.97. The Hall–Kier alpha value is -1.42. The fourth-order valence-corrected chi connectivity index (χ4v) is 1.86. The highest BCUT2D eigenvalue weighted by molar-refractivity contribution is 6.32. The topological polar surface area (TPSA) is 66.8 Å². The molecule has 0 amide bonds. The lowest BCUT2D eigenvalue weighted by Crippen LogP contribution is -2.25. The molecule has 0 radical (unpaired) electrons. The summed E-state index contributed by atoms with van der Waals surface area (Å²) in [6.45, 7) is 1.71. The van der Waals surface area contributed by atoms with Gasteiger partial charge in [0.05, 0.1) is 5.02 Å². The van der Waals surface area contributed by atoms with Crippen LogP contribution in [0, 0.1) is 0 Å². The van der Waals surface area contributed by atoms with E-state index in [-0.39, 0.29) is 28.2 Å². The maximum Gasteiger partial charge on any atom is 0.342 e. The molecule has 0 aromatic heterocycles. The van der Waals surface area contributed by atoms with E-state index in [0.29, 0.717) is 12.0 Å². The van der Waals surface area contributed by atoms with E-state index in [2.05, 4.69) is 0 Å². The monoisotopic (exact) mass is 228 g/mol. The second-order valence-electron chi connectivity index (χ2n) is 3.50. The highest BCUT2D eigenvalue weighted by Gasteiger charge is 2.30. The number of halogens is 1. The summed E-state index contributed by atoms with van der Waals surface area (Å²) in [4.78, 5) is 11.5. The molecule has 0 aliphatic carbocycles. The molecule has 80 valence electrons. The lowest BCUT2D eigenvalue weighted by molar-refractivity contribution is 0.0294. The molecule has 0 spiro atoms. The van der Waals surface area contributed by atoms with Crippen LogP contribution < -0.4 is 0 Å². The van der Waals surface area contributed by atoms with Gasteiger partial charge in [-0.15, -0.1) is 0 Å². The standard InChI is InChI=1S/C10H9ClO4/c1-4-2-5-7(12)3-6(11)9(13)8(5)10(14)15-4/h3-4,12-13H,2H2,1H3/t4-/m1/s1. The van der Waals surface area contributed by atoms with E-state index in [4.69, 9.17) is 16.3 Å². The Kier molecular flexibility index (Phi) is 2.23. The number of fused-ring (bicyclic) bond motifs is 1. The molecule has 4 nitrogen and oxygen atoms in total. The molecule has 1 aromatic rings. The number of hydrogen-bond acceptors (Lipinski definition) is 4. The number of carbonyl (C=O) groups is 1. The van der Waals surface area contributed by atoms with Crippen molar-refractivity contribution in [3.63, 3.8) is 0 Å². The predicted octanol–water partition coefficient (Wildman–Crippen LogP) is 1.85. The van der Waals surface area contributed by atoms with Crippen LogP contribution in [0.2, 0.25) is 5.02 Å². The normalized spacial score (nSPS) is 19.6. The van der Waals surface area contributed by atoms with Gasteiger partial charge in [0.2, 0.25) is 0 Å². The first-order valence-corrected chi connectivity index (χ1v) is 4.82. The quantitative estimate of drug-likeness (QED) is 0.525. The molecule has 0 saturated carbocycles. The van der Waals surface area contributed by atoms with Gasteiger partial charge in [-0.3, -0.25) is 0 Å². The average Bonchev–Trinajstić information content (AvgIpc) is 2.13. The summed E-state index contributed by atoms with van der Waals surface area (Å²) in [5, 5.41) is 19.1. The Morgan fingerprint density at radius 1 is 1.53 bits per heavy atom. The number of rotatable bonds is 0. The number of benzene rings is 1. The predicted molar refractivity (Wildman–Crippen MR) is 53.4 cm³/mol. The van der Waals surface area contributed by atoms with Crippen molar-refractivity contribution in [2.75, 3.05) is 0 Å². The summed E-state index contributed by atoms with van der Waals surface area (Å²) in [7, 11) is 0. The number of aromatic hydroxyl groups is 2. The van der Waals surface area contributed by atoms with Gasteiger partial charge in [0, 0.05) is 18.1 Å². The second kappa shape index (κ2) is 3.31. The first-order valence-electron chi connectivity index (χ1n) is 4.45. The number of carbonyl (C=O) groups excluding carboxylic acids is 1. The van der Waals surface area contributed by atoms with Crippen LogP contribution in [0.25, 0.3) is 0 Å². The molecule has 1 aliphatic rings. The SMILES string of the molecule is C[C@@H]1Cc2c(O)cc(Cl)c(O)c2C(=O)O1. The van der Waals surface area contributed by atoms with Gasteiger partial charge in [0.1, 0.15) is 23.2 Å². The third-order valence-electron chi connectivity index (χ3n) is 2.34. The van der Waals surface area contributed by atoms with E-state index in [0.717, 1.165) is 0 Å². The van der Waals surface area contributed by atoms with Crippen LogP contribution >= 0.6 is 11.6 Å². The maximum absolute atomic E-state index is 11.5. The summed E-state index contributed by atoms with van der Waals surface area (Å²) in [5.41, 5.74) is 0.360. The molecule has 1 heterocycles. The van der Waals surface area contributed by atoms with E-state index in [9.17, 15) is 15.0 Å². The van der Waals surface area contributed by atoms with Crippen LogP contribution in [-0.2, 0) is 11.2 Å². The Labute approximate surface area is 91.1 Å². The van der Waals surface area contributed by atoms with Gasteiger partial charge in [-0.2, -0.15) is 0 Å². The molecular weight excluding hydrogens is 220 g/mol. The molecule has 0 bridgehead atoms. The van der Waals surface area contributed by atoms with E-state index in [1.807, 2.05) is 0 Å². The van der Waals surface area contributed by atoms with E-state index < -0.39 is 5.97 Å². The largest absolute Gasteiger partial charge is 0.508 e. The van der Waals surface area contributed by atoms with Crippen LogP contribution in [0.3, 0.4) is 0 Å². The fraction of sp³-hybridized carbons (Fsp3) is 0.300. The summed E-state index contributed by atoms with van der Waals surface area (Å²) in [6.07, 6.45) is 0.0638. The summed E-state index contributed by atoms with van der Waals surface area (Å²) >= 11 is 5.63. The Balaban J connectivity index is 2.69. The van der Waals surface area contributed by atoms with E-state index in [1.165, 1.54) is 6.07 Å². The zero-order valence-electron chi connectivity index (χ0n) is 7.95. The first kappa shape index (κ1) is 10.1. The smallest absolute Gasteiger partial charge is 0.342 e. The molecule has 2 rings (SSSR count). The summed E-state index contributed by atoms with van der Waals surface area (Å²) in [5.74, 6) is -1.07. The van der Waals surface area contributed by atoms with Crippen molar-refractivity contribution < 1.29 is 19.7 Å². The van der Waals surface area contributed by atoms with Crippen molar-refractivity contribution in [1.29, 1.82) is 0 Å². The molecule has 1 aliphatic heterocycles. The molecule has 5 heteroatoms. The molecule has 0 fully saturated rings. The third kappa shape index (κ3) is 1.51. The van der Waals surface area contributed by atoms with Crippen LogP contribution in [0.15, 0.2) is 6.07 Å². The molecular formula is C10H9ClO4. The zero-order chi connectivity index (χ0) is 11.2. The van der Waals surface area contributed by atoms with Gasteiger partial charge in [-0.25, -0.2) is 4.79 Å². The molecule has 1 aromatic carbocycles. The van der Waals surface area contributed by atoms with Crippen LogP contribution in [0.5, 0.6) is 11.5 Å². The van der Waals surface area contributed by atoms with Crippen molar-refractivity contribution in [3.8, 4) is 11.5 Å². The highest BCUT2D eigenvalue weighted by atomic mass is 35.5. The summed E-state index contributed by atoms with van der Waals surface area (Å²) < 4.78 is 4.93. The molecule has 15 heavy (non-hydrogen) atoms. The number of cyclic esters (lactones) is 1. The first-order chi connectivity index (χ1) is 7.00. The van der Waals surface area contributed by atoms with Gasteiger partial charge < -0.3 is 14.9 Å². The zero-order valence-corrected chi connectivity index (χ0v) is 8.71. The van der Waals surface area contributed by atoms with Crippen LogP contribution in [0.1, 0.15) is 22.8 Å². The molecule has 0 saturated heterocycles. The van der Waals surface area contributed by atoms with Crippen molar-refractivity contribution in [2.45, 2.75) is 19.4 Å². The number of phenols is 2. The van der Waals surface area contributed by atoms with Gasteiger partial charge in [0.15, 0.2) is 0 Å². The minimum absolute atomic E-state index is 0.0295. The minimum Gasteiger partial charge on any atom is -0.508 e. The summed E-state index contributed by atoms with van der Waals surface area (Å²) in [6, 6.07) is 1.22. The van der Waals surface area contributed by atoms with E-state index >= 15 is 0 Å². The fourth-order valence-electron chi connectivity index (χ4n) is 1.66. The minimum atomic E-state index is -0.654. The van der Waals surface area contributed by atoms with Gasteiger partial charge in [-0.05, 0) is 6.92 Å². The van der Waals surface area contributed by atoms with Crippen molar-refractivity contribution >= 4 is 17.6 Å². The second-order valence-corrected chi connectivity index (χ2v) is 3.91. The Morgan fingerprint density at radius 2 is 2.20 bits per heavy atom. The van der Waals surface area contributed by atoms with Crippen LogP contribution in [0.4, 0.5) is 0 Å². The highest BCUT2D eigenvalue weighted by Crippen LogP contribution is 2.39. The Bertz CT molecular complexity index is 442. The van der Waals surface area contributed by atoms with Gasteiger partial charge in [-0.1, -0.05) is 11.6 Å². The van der Waals surface area contributed by atoms with E-state index in [1.54, 1.807) is 6.92 Å². The van der Waals surface area contributed by atoms with Gasteiger partial charge in [0.25, 0.3) is 0 Å². The van der Waals surface area contributed by atoms with Crippen LogP contribution in [-0.4, -0.2) is 22.3 Å². The van der Waals surface area contributed by atoms with Crippen molar-refractivity contribution in [2.24, 2.45) is 0 Å². The Morgan fingerprint density at radius 3 is 2.87 bits per heavy atom. The number of phenolic OH excluding ortho intramolecular Hbond substituents is 2. The number of ether oxygens (including phenoxy) is 1. The van der Waals surface area contributed by atoms with Crippen molar-refractivity contribution in [1.82, 2.24) is 0 Å². The number of hydrogen-bond donors (Lipinski definition) is 2. The molecule has 2 N–H and O–H groups in total. The number of esters is 1. The van der Waals surface area contributed by atoms with Gasteiger partial charge >= 0.3 is 5.97 Å². The third-order valence-corrected chi connectivity index (χ3v) is 2.63. The maximum atomic E-state index is 11.5. The average molecular weight is 229 g/mol. The van der Waals surface area contributed by atoms with Crippen molar-refractivity contribution in [3.05, 3.63) is 22.2 Å². The molecule has 1 atom stereocenters. The lowest BCUT2D eigenvalue weighted by Gasteiger charge is -2.23. The molecule has 0 unspecified atom stereocenters.